The lowest BCUT2D eigenvalue weighted by atomic mass is 9.84. The Morgan fingerprint density at radius 1 is 0.826 bits per heavy atom. The quantitative estimate of drug-likeness (QED) is 0.542. The average Bonchev–Trinajstić information content (AvgIpc) is 2.53. The van der Waals surface area contributed by atoms with E-state index in [0.29, 0.717) is 0 Å². The first-order valence-electron chi connectivity index (χ1n) is 7.95. The Morgan fingerprint density at radius 3 is 2.09 bits per heavy atom. The number of hydrogen-bond acceptors (Lipinski definition) is 1. The Bertz CT molecular complexity index is 921. The topological polar surface area (TPSA) is 23.8 Å². The lowest BCUT2D eigenvalue weighted by Crippen LogP contribution is -2.11. The van der Waals surface area contributed by atoms with Gasteiger partial charge in [0.15, 0.2) is 0 Å². The first-order chi connectivity index (χ1) is 10.9. The van der Waals surface area contributed by atoms with Crippen LogP contribution in [-0.2, 0) is 5.41 Å². The molecule has 0 unspecified atom stereocenters. The predicted molar refractivity (Wildman–Crippen MR) is 97.5 cm³/mol. The summed E-state index contributed by atoms with van der Waals surface area (Å²) < 4.78 is 0. The van der Waals surface area contributed by atoms with Crippen LogP contribution in [0.4, 0.5) is 0 Å². The first kappa shape index (κ1) is 15.3. The van der Waals surface area contributed by atoms with Gasteiger partial charge in [-0.2, -0.15) is 5.26 Å². The molecule has 0 radical (unpaired) electrons. The van der Waals surface area contributed by atoms with Gasteiger partial charge in [-0.05, 0) is 46.0 Å². The van der Waals surface area contributed by atoms with E-state index < -0.39 is 0 Å². The molecule has 0 amide bonds. The van der Waals surface area contributed by atoms with Crippen LogP contribution in [0.2, 0.25) is 0 Å². The van der Waals surface area contributed by atoms with E-state index in [4.69, 9.17) is 0 Å². The van der Waals surface area contributed by atoms with Gasteiger partial charge in [0, 0.05) is 5.39 Å². The van der Waals surface area contributed by atoms with Gasteiger partial charge in [-0.1, -0.05) is 69.3 Å². The van der Waals surface area contributed by atoms with Crippen molar-refractivity contribution in [2.75, 3.05) is 0 Å². The molecule has 0 N–H and O–H groups in total. The third-order valence-corrected chi connectivity index (χ3v) is 4.43. The smallest absolute Gasteiger partial charge is 0.0998 e. The second-order valence-corrected chi connectivity index (χ2v) is 7.10. The van der Waals surface area contributed by atoms with Crippen molar-refractivity contribution in [3.63, 3.8) is 0 Å². The molecule has 23 heavy (non-hydrogen) atoms. The molecule has 0 aliphatic carbocycles. The fraction of sp³-hybridized carbons (Fsp3) is 0.227. The summed E-state index contributed by atoms with van der Waals surface area (Å²) in [6, 6.07) is 21.1. The number of nitrogens with zero attached hydrogens (tertiary/aromatic N) is 1. The fourth-order valence-corrected chi connectivity index (χ4v) is 3.06. The highest BCUT2D eigenvalue weighted by Crippen LogP contribution is 2.34. The SMILES string of the molecule is Cc1cc(C(C)(C)C)ccc1-c1ccc(C#N)c2ccccc12. The maximum Gasteiger partial charge on any atom is 0.0998 e. The molecule has 0 fully saturated rings. The van der Waals surface area contributed by atoms with Crippen LogP contribution in [0.25, 0.3) is 21.9 Å². The fourth-order valence-electron chi connectivity index (χ4n) is 3.06. The summed E-state index contributed by atoms with van der Waals surface area (Å²) in [5.41, 5.74) is 5.92. The van der Waals surface area contributed by atoms with Crippen LogP contribution in [-0.4, -0.2) is 0 Å². The van der Waals surface area contributed by atoms with Gasteiger partial charge in [0.05, 0.1) is 11.6 Å². The van der Waals surface area contributed by atoms with Gasteiger partial charge in [0.25, 0.3) is 0 Å². The lowest BCUT2D eigenvalue weighted by Gasteiger charge is -2.21. The maximum atomic E-state index is 9.33. The normalized spacial score (nSPS) is 11.4. The van der Waals surface area contributed by atoms with Crippen molar-refractivity contribution in [3.8, 4) is 17.2 Å². The molecule has 0 bridgehead atoms. The Balaban J connectivity index is 2.25. The van der Waals surface area contributed by atoms with Gasteiger partial charge < -0.3 is 0 Å². The molecule has 0 saturated heterocycles. The zero-order valence-corrected chi connectivity index (χ0v) is 14.1. The zero-order chi connectivity index (χ0) is 16.6. The second-order valence-electron chi connectivity index (χ2n) is 7.10. The minimum atomic E-state index is 0.149. The Morgan fingerprint density at radius 2 is 1.48 bits per heavy atom. The van der Waals surface area contributed by atoms with E-state index in [0.717, 1.165) is 16.3 Å². The molecule has 0 aromatic heterocycles. The van der Waals surface area contributed by atoms with Crippen molar-refractivity contribution in [2.24, 2.45) is 0 Å². The molecule has 0 spiro atoms. The average molecular weight is 299 g/mol. The summed E-state index contributed by atoms with van der Waals surface area (Å²) in [5, 5.41) is 11.5. The summed E-state index contributed by atoms with van der Waals surface area (Å²) in [4.78, 5) is 0. The monoisotopic (exact) mass is 299 g/mol. The minimum Gasteiger partial charge on any atom is -0.192 e. The van der Waals surface area contributed by atoms with Crippen LogP contribution in [0, 0.1) is 18.3 Å². The van der Waals surface area contributed by atoms with E-state index in [1.54, 1.807) is 0 Å². The molecule has 114 valence electrons. The predicted octanol–water partition coefficient (Wildman–Crippen LogP) is 5.98. The van der Waals surface area contributed by atoms with Crippen LogP contribution in [0.15, 0.2) is 54.6 Å². The molecule has 0 saturated carbocycles. The molecule has 0 heterocycles. The van der Waals surface area contributed by atoms with Gasteiger partial charge in [0.2, 0.25) is 0 Å². The van der Waals surface area contributed by atoms with Crippen molar-refractivity contribution in [1.29, 1.82) is 5.26 Å². The summed E-state index contributed by atoms with van der Waals surface area (Å²) in [7, 11) is 0. The molecule has 0 aliphatic rings. The first-order valence-corrected chi connectivity index (χ1v) is 7.95. The van der Waals surface area contributed by atoms with E-state index in [1.165, 1.54) is 22.3 Å². The number of rotatable bonds is 1. The Labute approximate surface area is 138 Å². The molecular formula is C22H21N. The molecule has 0 atom stereocenters. The van der Waals surface area contributed by atoms with E-state index in [-0.39, 0.29) is 5.41 Å². The van der Waals surface area contributed by atoms with Crippen molar-refractivity contribution in [3.05, 3.63) is 71.3 Å². The molecule has 3 aromatic rings. The van der Waals surface area contributed by atoms with E-state index >= 15 is 0 Å². The number of fused-ring (bicyclic) bond motifs is 1. The van der Waals surface area contributed by atoms with Crippen molar-refractivity contribution in [2.45, 2.75) is 33.1 Å². The van der Waals surface area contributed by atoms with Crippen LogP contribution in [0.1, 0.15) is 37.5 Å². The number of benzene rings is 3. The highest BCUT2D eigenvalue weighted by Gasteiger charge is 2.16. The van der Waals surface area contributed by atoms with Crippen molar-refractivity contribution in [1.82, 2.24) is 0 Å². The minimum absolute atomic E-state index is 0.149. The summed E-state index contributed by atoms with van der Waals surface area (Å²) in [6.45, 7) is 8.87. The summed E-state index contributed by atoms with van der Waals surface area (Å²) in [5.74, 6) is 0. The van der Waals surface area contributed by atoms with Crippen molar-refractivity contribution < 1.29 is 0 Å². The van der Waals surface area contributed by atoms with Gasteiger partial charge in [-0.25, -0.2) is 0 Å². The lowest BCUT2D eigenvalue weighted by molar-refractivity contribution is 0.590. The largest absolute Gasteiger partial charge is 0.192 e. The molecule has 0 aliphatic heterocycles. The van der Waals surface area contributed by atoms with Gasteiger partial charge >= 0.3 is 0 Å². The maximum absolute atomic E-state index is 9.33. The molecule has 3 rings (SSSR count). The molecule has 1 nitrogen and oxygen atoms in total. The van der Waals surface area contributed by atoms with E-state index in [9.17, 15) is 5.26 Å². The van der Waals surface area contributed by atoms with Gasteiger partial charge in [0.1, 0.15) is 0 Å². The Hall–Kier alpha value is -2.59. The van der Waals surface area contributed by atoms with E-state index in [2.05, 4.69) is 64.1 Å². The van der Waals surface area contributed by atoms with Gasteiger partial charge in [-0.3, -0.25) is 0 Å². The Kier molecular flexibility index (Phi) is 3.70. The van der Waals surface area contributed by atoms with Crippen LogP contribution in [0.3, 0.4) is 0 Å². The second kappa shape index (κ2) is 5.56. The molecule has 3 aromatic carbocycles. The highest BCUT2D eigenvalue weighted by atomic mass is 14.2. The number of nitriles is 1. The van der Waals surface area contributed by atoms with Gasteiger partial charge in [-0.15, -0.1) is 0 Å². The molecular weight excluding hydrogens is 278 g/mol. The van der Waals surface area contributed by atoms with Crippen LogP contribution in [0.5, 0.6) is 0 Å². The summed E-state index contributed by atoms with van der Waals surface area (Å²) in [6.07, 6.45) is 0. The summed E-state index contributed by atoms with van der Waals surface area (Å²) >= 11 is 0. The zero-order valence-electron chi connectivity index (χ0n) is 14.1. The van der Waals surface area contributed by atoms with Crippen LogP contribution >= 0.6 is 0 Å². The number of aryl methyl sites for hydroxylation is 1. The third kappa shape index (κ3) is 2.73. The number of hydrogen-bond donors (Lipinski definition) is 0. The van der Waals surface area contributed by atoms with Crippen molar-refractivity contribution >= 4 is 10.8 Å². The standard InChI is InChI=1S/C22H21N/c1-15-13-17(22(2,3)4)10-12-18(15)21-11-9-16(14-23)19-7-5-6-8-20(19)21/h5-13H,1-4H3. The highest BCUT2D eigenvalue weighted by molar-refractivity contribution is 6.00. The third-order valence-electron chi connectivity index (χ3n) is 4.43. The molecule has 1 heteroatoms. The van der Waals surface area contributed by atoms with Crippen LogP contribution < -0.4 is 0 Å². The van der Waals surface area contributed by atoms with E-state index in [1.807, 2.05) is 24.3 Å².